The topological polar surface area (TPSA) is 71.5 Å². The van der Waals surface area contributed by atoms with Crippen LogP contribution >= 0.6 is 0 Å². The van der Waals surface area contributed by atoms with Gasteiger partial charge in [0, 0.05) is 11.8 Å². The summed E-state index contributed by atoms with van der Waals surface area (Å²) < 4.78 is 7.43. The van der Waals surface area contributed by atoms with Crippen molar-refractivity contribution in [3.63, 3.8) is 0 Å². The van der Waals surface area contributed by atoms with Crippen LogP contribution in [0.2, 0.25) is 0 Å². The van der Waals surface area contributed by atoms with Gasteiger partial charge in [0.25, 0.3) is 0 Å². The van der Waals surface area contributed by atoms with E-state index in [2.05, 4.69) is 10.2 Å². The molecular formula is C21H18N4O2. The van der Waals surface area contributed by atoms with Crippen LogP contribution in [0.5, 0.6) is 11.5 Å². The predicted octanol–water partition coefficient (Wildman–Crippen LogP) is 5.44. The highest BCUT2D eigenvalue weighted by atomic mass is 16.5. The Balaban J connectivity index is 1.92. The number of hydrogen-bond acceptors (Lipinski definition) is 5. The summed E-state index contributed by atoms with van der Waals surface area (Å²) in [6, 6.07) is 18.2. The van der Waals surface area contributed by atoms with Gasteiger partial charge < -0.3 is 9.84 Å². The third kappa shape index (κ3) is 3.13. The summed E-state index contributed by atoms with van der Waals surface area (Å²) in [6.45, 7) is 2.01. The van der Waals surface area contributed by atoms with Crippen molar-refractivity contribution in [2.75, 3.05) is 7.11 Å². The van der Waals surface area contributed by atoms with Crippen LogP contribution in [0.25, 0.3) is 16.9 Å². The number of phenols is 1. The lowest BCUT2D eigenvalue weighted by atomic mass is 10.1. The minimum absolute atomic E-state index is 0.189. The Bertz CT molecular complexity index is 1130. The van der Waals surface area contributed by atoms with Crippen molar-refractivity contribution in [3.8, 4) is 22.8 Å². The number of aromatic nitrogens is 2. The van der Waals surface area contributed by atoms with Crippen molar-refractivity contribution in [1.29, 1.82) is 0 Å². The van der Waals surface area contributed by atoms with E-state index in [4.69, 9.17) is 9.72 Å². The molecular weight excluding hydrogens is 340 g/mol. The molecule has 27 heavy (non-hydrogen) atoms. The lowest BCUT2D eigenvalue weighted by Gasteiger charge is -2.06. The van der Waals surface area contributed by atoms with Crippen LogP contribution in [-0.2, 0) is 0 Å². The van der Waals surface area contributed by atoms with E-state index in [9.17, 15) is 5.11 Å². The molecule has 6 heteroatoms. The molecule has 4 aromatic rings. The smallest absolute Gasteiger partial charge is 0.187 e. The molecule has 0 saturated carbocycles. The molecule has 0 radical (unpaired) electrons. The van der Waals surface area contributed by atoms with Crippen molar-refractivity contribution < 1.29 is 9.84 Å². The highest BCUT2D eigenvalue weighted by Crippen LogP contribution is 2.37. The van der Waals surface area contributed by atoms with Gasteiger partial charge in [0.2, 0.25) is 0 Å². The van der Waals surface area contributed by atoms with Gasteiger partial charge in [-0.05, 0) is 55.0 Å². The van der Waals surface area contributed by atoms with Crippen LogP contribution in [0.1, 0.15) is 5.56 Å². The van der Waals surface area contributed by atoms with Crippen LogP contribution in [0.4, 0.5) is 11.5 Å². The van der Waals surface area contributed by atoms with Gasteiger partial charge >= 0.3 is 0 Å². The first-order valence-electron chi connectivity index (χ1n) is 8.49. The number of rotatable bonds is 4. The van der Waals surface area contributed by atoms with Gasteiger partial charge in [-0.3, -0.25) is 4.40 Å². The molecule has 0 unspecified atom stereocenters. The second-order valence-corrected chi connectivity index (χ2v) is 6.09. The molecule has 0 amide bonds. The number of phenolic OH excluding ortho intramolecular Hbond substituents is 1. The number of methoxy groups -OCH3 is 1. The second-order valence-electron chi connectivity index (χ2n) is 6.09. The van der Waals surface area contributed by atoms with Gasteiger partial charge in [0.1, 0.15) is 22.8 Å². The fourth-order valence-electron chi connectivity index (χ4n) is 2.93. The van der Waals surface area contributed by atoms with E-state index < -0.39 is 0 Å². The van der Waals surface area contributed by atoms with Crippen molar-refractivity contribution in [2.24, 2.45) is 10.2 Å². The molecule has 0 aliphatic carbocycles. The summed E-state index contributed by atoms with van der Waals surface area (Å²) in [5.41, 5.74) is 4.05. The Morgan fingerprint density at radius 3 is 2.52 bits per heavy atom. The molecule has 0 aliphatic rings. The first-order chi connectivity index (χ1) is 13.2. The summed E-state index contributed by atoms with van der Waals surface area (Å²) in [5.74, 6) is 1.53. The molecule has 6 nitrogen and oxygen atoms in total. The quantitative estimate of drug-likeness (QED) is 0.494. The van der Waals surface area contributed by atoms with E-state index in [-0.39, 0.29) is 5.75 Å². The number of aryl methyl sites for hydroxylation is 1. The van der Waals surface area contributed by atoms with Gasteiger partial charge in [-0.15, -0.1) is 10.2 Å². The zero-order valence-corrected chi connectivity index (χ0v) is 15.0. The fraction of sp³-hybridized carbons (Fsp3) is 0.0952. The predicted molar refractivity (Wildman–Crippen MR) is 104 cm³/mol. The molecule has 0 bridgehead atoms. The maximum absolute atomic E-state index is 9.43. The molecule has 4 rings (SSSR count). The van der Waals surface area contributed by atoms with Gasteiger partial charge in [0.15, 0.2) is 5.82 Å². The summed E-state index contributed by atoms with van der Waals surface area (Å²) in [4.78, 5) is 4.81. The molecule has 0 spiro atoms. The van der Waals surface area contributed by atoms with Gasteiger partial charge in [0.05, 0.1) is 12.8 Å². The number of pyridine rings is 1. The average Bonchev–Trinajstić information content (AvgIpc) is 3.07. The van der Waals surface area contributed by atoms with Crippen LogP contribution in [0, 0.1) is 6.92 Å². The van der Waals surface area contributed by atoms with E-state index >= 15 is 0 Å². The summed E-state index contributed by atoms with van der Waals surface area (Å²) in [6.07, 6.45) is 1.92. The number of hydrogen-bond donors (Lipinski definition) is 1. The van der Waals surface area contributed by atoms with Crippen molar-refractivity contribution in [2.45, 2.75) is 6.92 Å². The molecule has 2 aromatic carbocycles. The molecule has 2 heterocycles. The Morgan fingerprint density at radius 2 is 1.74 bits per heavy atom. The first kappa shape index (κ1) is 16.8. The number of imidazole rings is 1. The summed E-state index contributed by atoms with van der Waals surface area (Å²) in [7, 11) is 1.64. The first-order valence-corrected chi connectivity index (χ1v) is 8.49. The van der Waals surface area contributed by atoms with Gasteiger partial charge in [-0.25, -0.2) is 4.98 Å². The third-order valence-corrected chi connectivity index (χ3v) is 4.29. The number of benzene rings is 2. The number of azo groups is 1. The van der Waals surface area contributed by atoms with Crippen molar-refractivity contribution in [3.05, 3.63) is 72.4 Å². The molecule has 0 atom stereocenters. The number of fused-ring (bicyclic) bond motifs is 1. The van der Waals surface area contributed by atoms with Gasteiger partial charge in [-0.2, -0.15) is 0 Å². The van der Waals surface area contributed by atoms with Gasteiger partial charge in [-0.1, -0.05) is 18.2 Å². The van der Waals surface area contributed by atoms with E-state index in [1.54, 1.807) is 31.4 Å². The highest BCUT2D eigenvalue weighted by molar-refractivity contribution is 5.79. The maximum Gasteiger partial charge on any atom is 0.187 e. The normalized spacial score (nSPS) is 11.3. The Labute approximate surface area is 156 Å². The summed E-state index contributed by atoms with van der Waals surface area (Å²) in [5, 5.41) is 18.2. The SMILES string of the molecule is COc1ccccc1-c1nc2c(C)cccn2c1N=Nc1ccc(O)cc1. The number of ether oxygens (including phenoxy) is 1. The number of aromatic hydroxyl groups is 1. The molecule has 0 fully saturated rings. The van der Waals surface area contributed by atoms with E-state index in [0.717, 1.165) is 22.5 Å². The molecule has 1 N–H and O–H groups in total. The monoisotopic (exact) mass is 358 g/mol. The van der Waals surface area contributed by atoms with E-state index in [1.807, 2.05) is 53.9 Å². The fourth-order valence-corrected chi connectivity index (χ4v) is 2.93. The van der Waals surface area contributed by atoms with Crippen molar-refractivity contribution in [1.82, 2.24) is 9.38 Å². The van der Waals surface area contributed by atoms with Crippen LogP contribution in [0.15, 0.2) is 77.1 Å². The summed E-state index contributed by atoms with van der Waals surface area (Å²) >= 11 is 0. The minimum Gasteiger partial charge on any atom is -0.508 e. The van der Waals surface area contributed by atoms with Crippen LogP contribution < -0.4 is 4.74 Å². The van der Waals surface area contributed by atoms with Crippen molar-refractivity contribution >= 4 is 17.2 Å². The lowest BCUT2D eigenvalue weighted by Crippen LogP contribution is -1.88. The standard InChI is InChI=1S/C21H18N4O2/c1-14-6-5-13-25-20(14)22-19(17-7-3-4-8-18(17)27-2)21(25)24-23-15-9-11-16(26)12-10-15/h3-13,26H,1-2H3. The Morgan fingerprint density at radius 1 is 0.963 bits per heavy atom. The Kier molecular flexibility index (Phi) is 4.30. The molecule has 134 valence electrons. The van der Waals surface area contributed by atoms with E-state index in [1.165, 1.54) is 0 Å². The van der Waals surface area contributed by atoms with Crippen LogP contribution in [0.3, 0.4) is 0 Å². The maximum atomic E-state index is 9.43. The zero-order chi connectivity index (χ0) is 18.8. The highest BCUT2D eigenvalue weighted by Gasteiger charge is 2.18. The molecule has 0 saturated heterocycles. The minimum atomic E-state index is 0.189. The third-order valence-electron chi connectivity index (χ3n) is 4.29. The second kappa shape index (κ2) is 6.92. The number of para-hydroxylation sites is 1. The molecule has 2 aromatic heterocycles. The Hall–Kier alpha value is -3.67. The largest absolute Gasteiger partial charge is 0.508 e. The molecule has 0 aliphatic heterocycles. The average molecular weight is 358 g/mol. The van der Waals surface area contributed by atoms with Crippen LogP contribution in [-0.4, -0.2) is 21.6 Å². The number of nitrogens with zero attached hydrogens (tertiary/aromatic N) is 4. The van der Waals surface area contributed by atoms with E-state index in [0.29, 0.717) is 17.2 Å². The zero-order valence-electron chi connectivity index (χ0n) is 15.0. The lowest BCUT2D eigenvalue weighted by molar-refractivity contribution is 0.416.